The number of H-pyrrole nitrogens is 1. The van der Waals surface area contributed by atoms with Gasteiger partial charge in [-0.25, -0.2) is 9.97 Å². The number of hydrogen-bond donors (Lipinski definition) is 2. The molecule has 0 atom stereocenters. The topological polar surface area (TPSA) is 97.7 Å². The minimum Gasteiger partial charge on any atom is -0.361 e. The van der Waals surface area contributed by atoms with Crippen LogP contribution < -0.4 is 16.0 Å². The molecule has 0 aliphatic carbocycles. The third-order valence-corrected chi connectivity index (χ3v) is 5.44. The van der Waals surface area contributed by atoms with Crippen LogP contribution >= 0.6 is 0 Å². The van der Waals surface area contributed by atoms with Gasteiger partial charge in [0.2, 0.25) is 5.78 Å². The van der Waals surface area contributed by atoms with Crippen molar-refractivity contribution >= 4 is 28.3 Å². The van der Waals surface area contributed by atoms with E-state index in [0.29, 0.717) is 5.69 Å². The largest absolute Gasteiger partial charge is 0.361 e. The minimum atomic E-state index is -0.286. The Labute approximate surface area is 174 Å². The van der Waals surface area contributed by atoms with E-state index in [-0.39, 0.29) is 17.2 Å². The first-order chi connectivity index (χ1) is 14.7. The number of carbonyl (C=O) groups excluding carboxylic acids is 1. The van der Waals surface area contributed by atoms with Crippen LogP contribution in [-0.4, -0.2) is 46.9 Å². The van der Waals surface area contributed by atoms with Gasteiger partial charge in [0, 0.05) is 60.6 Å². The highest BCUT2D eigenvalue weighted by Crippen LogP contribution is 2.30. The first-order valence-electron chi connectivity index (χ1n) is 9.96. The number of nitrogens with zero attached hydrogens (tertiary/aromatic N) is 3. The van der Waals surface area contributed by atoms with E-state index in [1.165, 1.54) is 0 Å². The maximum Gasteiger partial charge on any atom is 0.215 e. The highest BCUT2D eigenvalue weighted by Gasteiger charge is 2.19. The summed E-state index contributed by atoms with van der Waals surface area (Å²) in [5.41, 5.74) is 11.5. The number of hydrogen-bond acceptors (Lipinski definition) is 5. The Morgan fingerprint density at radius 3 is 2.77 bits per heavy atom. The van der Waals surface area contributed by atoms with E-state index in [0.717, 1.165) is 54.0 Å². The Morgan fingerprint density at radius 1 is 1.07 bits per heavy atom. The Morgan fingerprint density at radius 2 is 1.90 bits per heavy atom. The van der Waals surface area contributed by atoms with Crippen molar-refractivity contribution in [2.24, 2.45) is 0 Å². The molecular weight excluding hydrogens is 376 g/mol. The molecule has 7 nitrogen and oxygen atoms in total. The number of nitrogens with one attached hydrogen (secondary N) is 3. The van der Waals surface area contributed by atoms with Gasteiger partial charge in [-0.3, -0.25) is 10.5 Å². The van der Waals surface area contributed by atoms with E-state index >= 15 is 0 Å². The van der Waals surface area contributed by atoms with Crippen molar-refractivity contribution in [2.45, 2.75) is 0 Å². The average molecular weight is 397 g/mol. The van der Waals surface area contributed by atoms with E-state index in [4.69, 9.17) is 5.73 Å². The molecule has 0 unspecified atom stereocenters. The van der Waals surface area contributed by atoms with Crippen molar-refractivity contribution < 1.29 is 4.79 Å². The van der Waals surface area contributed by atoms with Gasteiger partial charge in [-0.2, -0.15) is 0 Å². The lowest BCUT2D eigenvalue weighted by molar-refractivity contribution is 0.103. The van der Waals surface area contributed by atoms with Gasteiger partial charge in [-0.05, 0) is 24.3 Å². The number of aromatic nitrogens is 3. The molecule has 0 spiro atoms. The van der Waals surface area contributed by atoms with Crippen molar-refractivity contribution in [1.29, 1.82) is 0 Å². The predicted molar refractivity (Wildman–Crippen MR) is 117 cm³/mol. The molecule has 5 rings (SSSR count). The SMILES string of the molecule is [NH]c1ncc(-c2c[nH]c3ccccc23)cc1C(=O)c1cccc(N2CCNCC2)n1. The molecular formula is C23H21N6O. The fourth-order valence-electron chi connectivity index (χ4n) is 3.85. The first-order valence-corrected chi connectivity index (χ1v) is 9.96. The number of aromatic amines is 1. The van der Waals surface area contributed by atoms with Crippen LogP contribution in [0.3, 0.4) is 0 Å². The van der Waals surface area contributed by atoms with E-state index < -0.39 is 0 Å². The average Bonchev–Trinajstić information content (AvgIpc) is 3.24. The minimum absolute atomic E-state index is 0.0435. The summed E-state index contributed by atoms with van der Waals surface area (Å²) in [4.78, 5) is 27.4. The number of rotatable bonds is 4. The van der Waals surface area contributed by atoms with Crippen LogP contribution in [-0.2, 0) is 0 Å². The lowest BCUT2D eigenvalue weighted by Crippen LogP contribution is -2.44. The number of pyridine rings is 2. The fraction of sp³-hybridized carbons (Fsp3) is 0.174. The maximum absolute atomic E-state index is 13.2. The lowest BCUT2D eigenvalue weighted by atomic mass is 10.0. The number of para-hydroxylation sites is 1. The number of ketones is 1. The molecule has 3 aromatic heterocycles. The van der Waals surface area contributed by atoms with Crippen LogP contribution in [0.1, 0.15) is 16.1 Å². The number of anilines is 1. The van der Waals surface area contributed by atoms with Crippen LogP contribution in [0.5, 0.6) is 0 Å². The molecule has 1 aromatic carbocycles. The smallest absolute Gasteiger partial charge is 0.215 e. The van der Waals surface area contributed by atoms with E-state index in [9.17, 15) is 4.79 Å². The molecule has 1 saturated heterocycles. The van der Waals surface area contributed by atoms with Crippen LogP contribution in [0.15, 0.2) is 60.9 Å². The number of carbonyl (C=O) groups is 1. The van der Waals surface area contributed by atoms with Gasteiger partial charge < -0.3 is 15.2 Å². The summed E-state index contributed by atoms with van der Waals surface area (Å²) in [6.07, 6.45) is 3.54. The molecule has 30 heavy (non-hydrogen) atoms. The van der Waals surface area contributed by atoms with Gasteiger partial charge in [0.05, 0.1) is 5.56 Å². The molecule has 4 aromatic rings. The molecule has 1 radical (unpaired) electrons. The van der Waals surface area contributed by atoms with Crippen molar-refractivity contribution in [3.05, 3.63) is 72.2 Å². The second-order valence-corrected chi connectivity index (χ2v) is 7.32. The Kier molecular flexibility index (Phi) is 4.65. The Hall–Kier alpha value is -3.71. The summed E-state index contributed by atoms with van der Waals surface area (Å²) in [5.74, 6) is 0.457. The van der Waals surface area contributed by atoms with Gasteiger partial charge in [0.1, 0.15) is 11.5 Å². The molecule has 7 heteroatoms. The van der Waals surface area contributed by atoms with Crippen molar-refractivity contribution in [3.8, 4) is 11.1 Å². The molecule has 1 fully saturated rings. The van der Waals surface area contributed by atoms with Gasteiger partial charge in [0.25, 0.3) is 0 Å². The highest BCUT2D eigenvalue weighted by molar-refractivity contribution is 6.11. The number of fused-ring (bicyclic) bond motifs is 1. The van der Waals surface area contributed by atoms with Crippen LogP contribution in [0.2, 0.25) is 0 Å². The zero-order valence-electron chi connectivity index (χ0n) is 16.4. The molecule has 0 amide bonds. The molecule has 0 bridgehead atoms. The van der Waals surface area contributed by atoms with Crippen LogP contribution in [0, 0.1) is 0 Å². The number of benzene rings is 1. The van der Waals surface area contributed by atoms with E-state index in [2.05, 4.69) is 25.2 Å². The molecule has 0 saturated carbocycles. The third kappa shape index (κ3) is 3.29. The first kappa shape index (κ1) is 18.3. The van der Waals surface area contributed by atoms with Crippen molar-refractivity contribution in [1.82, 2.24) is 26.0 Å². The molecule has 149 valence electrons. The molecule has 1 aliphatic heterocycles. The monoisotopic (exact) mass is 397 g/mol. The third-order valence-electron chi connectivity index (χ3n) is 5.44. The fourth-order valence-corrected chi connectivity index (χ4v) is 3.85. The van der Waals surface area contributed by atoms with E-state index in [1.807, 2.05) is 42.6 Å². The lowest BCUT2D eigenvalue weighted by Gasteiger charge is -2.28. The van der Waals surface area contributed by atoms with Gasteiger partial charge >= 0.3 is 0 Å². The zero-order valence-corrected chi connectivity index (χ0v) is 16.4. The summed E-state index contributed by atoms with van der Waals surface area (Å²) in [6.45, 7) is 3.50. The zero-order chi connectivity index (χ0) is 20.5. The Balaban J connectivity index is 1.51. The highest BCUT2D eigenvalue weighted by atomic mass is 16.1. The van der Waals surface area contributed by atoms with Gasteiger partial charge in [0.15, 0.2) is 5.82 Å². The van der Waals surface area contributed by atoms with Crippen LogP contribution in [0.25, 0.3) is 22.0 Å². The normalized spacial score (nSPS) is 14.2. The Bertz CT molecular complexity index is 1230. The predicted octanol–water partition coefficient (Wildman–Crippen LogP) is 3.18. The summed E-state index contributed by atoms with van der Waals surface area (Å²) in [5, 5.41) is 4.37. The summed E-state index contributed by atoms with van der Waals surface area (Å²) >= 11 is 0. The van der Waals surface area contributed by atoms with Gasteiger partial charge in [-0.15, -0.1) is 0 Å². The molecule has 4 heterocycles. The van der Waals surface area contributed by atoms with Crippen molar-refractivity contribution in [2.75, 3.05) is 31.1 Å². The molecule has 3 N–H and O–H groups in total. The number of piperazine rings is 1. The van der Waals surface area contributed by atoms with Gasteiger partial charge in [-0.1, -0.05) is 24.3 Å². The maximum atomic E-state index is 13.2. The second-order valence-electron chi connectivity index (χ2n) is 7.32. The second kappa shape index (κ2) is 7.61. The standard InChI is InChI=1S/C23H21N6O/c24-23-17(12-15(13-27-23)18-14-26-19-5-2-1-4-16(18)19)22(30)20-6-3-7-21(28-20)29-10-8-25-9-11-29/h1-7,12-14,24-26H,8-11H2. The van der Waals surface area contributed by atoms with E-state index in [1.54, 1.807) is 18.3 Å². The van der Waals surface area contributed by atoms with Crippen LogP contribution in [0.4, 0.5) is 11.6 Å². The molecule has 1 aliphatic rings. The summed E-state index contributed by atoms with van der Waals surface area (Å²) < 4.78 is 0. The van der Waals surface area contributed by atoms with Crippen molar-refractivity contribution in [3.63, 3.8) is 0 Å². The summed E-state index contributed by atoms with van der Waals surface area (Å²) in [7, 11) is 0. The summed E-state index contributed by atoms with van der Waals surface area (Å²) in [6, 6.07) is 15.2. The quantitative estimate of drug-likeness (QED) is 0.516.